The van der Waals surface area contributed by atoms with E-state index in [1.165, 1.54) is 4.90 Å². The highest BCUT2D eigenvalue weighted by atomic mass is 79.9. The van der Waals surface area contributed by atoms with Crippen LogP contribution >= 0.6 is 43.5 Å². The van der Waals surface area contributed by atoms with Gasteiger partial charge in [-0.25, -0.2) is 14.5 Å². The molecule has 6 rings (SSSR count). The number of anilines is 2. The predicted octanol–water partition coefficient (Wildman–Crippen LogP) is 6.07. The number of ether oxygens (including phenoxy) is 2. The number of aliphatic hydroxyl groups excluding tert-OH is 3. The molecule has 73 heavy (non-hydrogen) atoms. The van der Waals surface area contributed by atoms with Gasteiger partial charge in [0, 0.05) is 62.8 Å². The maximum absolute atomic E-state index is 12.3. The summed E-state index contributed by atoms with van der Waals surface area (Å²) < 4.78 is 11.2. The molecule has 4 heterocycles. The van der Waals surface area contributed by atoms with Crippen molar-refractivity contribution in [1.82, 2.24) is 30.2 Å². The Hall–Kier alpha value is -6.67. The van der Waals surface area contributed by atoms with Gasteiger partial charge in [-0.3, -0.25) is 29.9 Å². The average molecular weight is 1180 g/mol. The lowest BCUT2D eigenvalue weighted by atomic mass is 10.2. The van der Waals surface area contributed by atoms with Crippen molar-refractivity contribution in [3.05, 3.63) is 88.3 Å². The highest BCUT2D eigenvalue weighted by Gasteiger charge is 2.26. The molecule has 0 unspecified atom stereocenters. The van der Waals surface area contributed by atoms with Gasteiger partial charge in [0.25, 0.3) is 15.3 Å². The summed E-state index contributed by atoms with van der Waals surface area (Å²) in [5, 5.41) is 60.5. The molecule has 0 spiro atoms. The molecular weight excluding hydrogens is 1130 g/mol. The molecule has 2 aliphatic heterocycles. The summed E-state index contributed by atoms with van der Waals surface area (Å²) >= 11 is 11.9. The number of unbranched alkanes of at least 4 members (excludes halogenated alkanes) is 4. The number of hydrogen-bond donors (Lipinski definition) is 6. The molecule has 32 heteroatoms. The number of carbonyl (C=O) groups is 2. The first kappa shape index (κ1) is 64.3. The van der Waals surface area contributed by atoms with Crippen molar-refractivity contribution >= 4 is 100 Å². The first-order valence-corrected chi connectivity index (χ1v) is 23.7. The molecule has 0 aliphatic carbocycles. The third-order valence-electron chi connectivity index (χ3n) is 8.62. The normalized spacial score (nSPS) is 11.8. The zero-order valence-electron chi connectivity index (χ0n) is 38.5. The van der Waals surface area contributed by atoms with Crippen molar-refractivity contribution in [2.45, 2.75) is 58.8 Å². The number of halogens is 3. The van der Waals surface area contributed by atoms with Crippen LogP contribution in [-0.2, 0) is 24.0 Å². The number of hydrogen-bond acceptors (Lipinski definition) is 25. The number of rotatable bonds is 22. The molecule has 2 aromatic carbocycles. The van der Waals surface area contributed by atoms with Gasteiger partial charge in [0.2, 0.25) is 5.96 Å². The van der Waals surface area contributed by atoms with Crippen LogP contribution in [0.3, 0.4) is 0 Å². The molecule has 1 amide bonds. The molecule has 0 fully saturated rings. The van der Waals surface area contributed by atoms with Crippen LogP contribution in [0.25, 0.3) is 22.1 Å². The van der Waals surface area contributed by atoms with Gasteiger partial charge < -0.3 is 55.3 Å². The van der Waals surface area contributed by atoms with Gasteiger partial charge in [-0.15, -0.1) is 30.3 Å². The highest BCUT2D eigenvalue weighted by molar-refractivity contribution is 9.11. The Morgan fingerprint density at radius 1 is 0.644 bits per heavy atom. The first-order valence-electron chi connectivity index (χ1n) is 21.8. The van der Waals surface area contributed by atoms with Crippen molar-refractivity contribution in [1.29, 1.82) is 0 Å². The number of guanidine groups is 2. The zero-order valence-corrected chi connectivity index (χ0v) is 42.4. The van der Waals surface area contributed by atoms with Crippen LogP contribution < -0.4 is 16.0 Å². The minimum Gasteiger partial charge on any atom is -0.454 e. The molecule has 0 atom stereocenters. The molecule has 0 saturated carbocycles. The van der Waals surface area contributed by atoms with Crippen LogP contribution in [0.15, 0.2) is 68.0 Å². The molecule has 29 nitrogen and oxygen atoms in total. The number of fused-ring (bicyclic) bond motifs is 2. The lowest BCUT2D eigenvalue weighted by Gasteiger charge is -2.19. The molecular formula is C41H58Br2ClN13O16. The van der Waals surface area contributed by atoms with E-state index < -0.39 is 26.8 Å². The molecule has 4 aromatic rings. The molecule has 2 aliphatic rings. The van der Waals surface area contributed by atoms with Gasteiger partial charge in [-0.05, 0) is 107 Å². The van der Waals surface area contributed by atoms with E-state index >= 15 is 0 Å². The maximum Gasteiger partial charge on any atom is 0.416 e. The summed E-state index contributed by atoms with van der Waals surface area (Å²) in [6.07, 6.45) is 10.4. The van der Waals surface area contributed by atoms with Crippen molar-refractivity contribution in [2.24, 2.45) is 9.98 Å². The zero-order chi connectivity index (χ0) is 52.9. The summed E-state index contributed by atoms with van der Waals surface area (Å²) in [5.41, 5.74) is 3.91. The highest BCUT2D eigenvalue weighted by Crippen LogP contribution is 2.30. The van der Waals surface area contributed by atoms with E-state index in [4.69, 9.17) is 31.7 Å². The van der Waals surface area contributed by atoms with Gasteiger partial charge in [-0.1, -0.05) is 7.43 Å². The number of carbonyl (C=O) groups excluding carboxylic acids is 2. The fraction of sp³-hybridized carbons (Fsp3) is 0.512. The Morgan fingerprint density at radius 2 is 1.08 bits per heavy atom. The Kier molecular flexibility index (Phi) is 34.3. The number of aliphatic imine (C=N–C) groups is 2. The number of aromatic nitrogens is 4. The first-order chi connectivity index (χ1) is 34.7. The fourth-order valence-electron chi connectivity index (χ4n) is 5.31. The SMILES string of the molecule is Brc1c(NC2=NCCN2)ccc2nccnc12.C.O=C(Cl)OCCCCO[N+](=O)[O-].O=C(OCCCCO[N+](=O)[O-])N1CCN=C1Nc1ccc2nccnc2c1Br.O=[N+]([O-])OCCCCO.OCCCCO. The minimum absolute atomic E-state index is 0. The molecule has 2 aromatic heterocycles. The van der Waals surface area contributed by atoms with Crippen LogP contribution in [0.4, 0.5) is 21.0 Å². The van der Waals surface area contributed by atoms with Gasteiger partial charge >= 0.3 is 11.5 Å². The summed E-state index contributed by atoms with van der Waals surface area (Å²) in [5.74, 6) is 1.18. The summed E-state index contributed by atoms with van der Waals surface area (Å²) in [7, 11) is 0. The molecule has 0 radical (unpaired) electrons. The van der Waals surface area contributed by atoms with Gasteiger partial charge in [0.15, 0.2) is 5.96 Å². The Bertz CT molecular complexity index is 2340. The smallest absolute Gasteiger partial charge is 0.416 e. The third-order valence-corrected chi connectivity index (χ3v) is 10.3. The van der Waals surface area contributed by atoms with Crippen LogP contribution in [0, 0.1) is 30.3 Å². The van der Waals surface area contributed by atoms with E-state index in [9.17, 15) is 39.9 Å². The maximum atomic E-state index is 12.3. The van der Waals surface area contributed by atoms with Crippen LogP contribution in [0.5, 0.6) is 0 Å². The second kappa shape index (κ2) is 38.9. The Morgan fingerprint density at radius 3 is 1.53 bits per heavy atom. The fourth-order valence-corrected chi connectivity index (χ4v) is 6.46. The van der Waals surface area contributed by atoms with Crippen molar-refractivity contribution in [3.63, 3.8) is 0 Å². The minimum atomic E-state index is -0.870. The lowest BCUT2D eigenvalue weighted by Crippen LogP contribution is -2.39. The second-order valence-corrected chi connectivity index (χ2v) is 15.7. The van der Waals surface area contributed by atoms with E-state index in [-0.39, 0.29) is 60.3 Å². The molecule has 0 saturated heterocycles. The van der Waals surface area contributed by atoms with Crippen molar-refractivity contribution in [2.75, 3.05) is 89.7 Å². The Balaban J connectivity index is 0.000000506. The average Bonchev–Trinajstić information content (AvgIpc) is 4.07. The van der Waals surface area contributed by atoms with Crippen molar-refractivity contribution < 1.29 is 64.2 Å². The summed E-state index contributed by atoms with van der Waals surface area (Å²) in [6.45, 7) is 3.35. The van der Waals surface area contributed by atoms with Crippen molar-refractivity contribution in [3.8, 4) is 0 Å². The van der Waals surface area contributed by atoms with E-state index in [1.54, 1.807) is 24.8 Å². The standard InChI is InChI=1S/C16H17BrN6O5.C11H10BrN5.C5H8ClNO5.C4H9NO4.C4H10O2.CH4/c17-13-11(3-4-12-14(13)19-6-5-18-12)21-15-20-7-8-22(15)16(24)27-9-1-2-10-28-23(25)26;12-9-7(17-11-15-5-6-16-11)1-2-8-10(9)14-4-3-13-8;6-5(8)11-3-1-2-4-12-7(9)10;6-3-1-2-4-9-5(7)8;5-3-1-2-4-6;/h3-6H,1-2,7-10H2,(H,20,21);1-4H,5-6H2,(H2,15,16,17);1-4H2;6H,1-4H2;5-6H,1-4H2;1H4. The van der Waals surface area contributed by atoms with Gasteiger partial charge in [0.05, 0.1) is 84.0 Å². The van der Waals surface area contributed by atoms with E-state index in [0.29, 0.717) is 73.3 Å². The van der Waals surface area contributed by atoms with E-state index in [1.807, 2.05) is 24.3 Å². The number of benzene rings is 2. The Labute approximate surface area is 439 Å². The van der Waals surface area contributed by atoms with Crippen LogP contribution in [0.2, 0.25) is 0 Å². The summed E-state index contributed by atoms with van der Waals surface area (Å²) in [4.78, 5) is 90.7. The topological polar surface area (TPSA) is 386 Å². The molecule has 404 valence electrons. The van der Waals surface area contributed by atoms with Crippen LogP contribution in [0.1, 0.15) is 58.8 Å². The monoisotopic (exact) mass is 1180 g/mol. The van der Waals surface area contributed by atoms with E-state index in [0.717, 1.165) is 58.6 Å². The number of aliphatic hydroxyl groups is 3. The number of nitrogens with zero attached hydrogens (tertiary/aromatic N) is 10. The second-order valence-electron chi connectivity index (χ2n) is 13.8. The number of amides is 1. The van der Waals surface area contributed by atoms with E-state index in [2.05, 4.69) is 97.0 Å². The largest absolute Gasteiger partial charge is 0.454 e. The van der Waals surface area contributed by atoms with Crippen LogP contribution in [-0.4, -0.2) is 158 Å². The summed E-state index contributed by atoms with van der Waals surface area (Å²) in [6, 6.07) is 7.54. The molecule has 0 bridgehead atoms. The lowest BCUT2D eigenvalue weighted by molar-refractivity contribution is -0.757. The number of nitrogens with one attached hydrogen (secondary N) is 3. The third kappa shape index (κ3) is 27.7. The predicted molar refractivity (Wildman–Crippen MR) is 273 cm³/mol. The quantitative estimate of drug-likeness (QED) is 0.0225. The van der Waals surface area contributed by atoms with Gasteiger partial charge in [-0.2, -0.15) is 0 Å². The van der Waals surface area contributed by atoms with Gasteiger partial charge in [0.1, 0.15) is 11.0 Å². The molecule has 6 N–H and O–H groups in total.